The van der Waals surface area contributed by atoms with Crippen molar-refractivity contribution in [1.29, 1.82) is 0 Å². The maximum absolute atomic E-state index is 6.50. The number of aryl methyl sites for hydroxylation is 4. The van der Waals surface area contributed by atoms with Crippen molar-refractivity contribution in [2.75, 3.05) is 137 Å². The molecule has 0 fully saturated rings. The standard InChI is InChI=1S/2C26H37ClO2.3C24H31Cl3O3/c2*1-8-18(2)16-28-24-11-9-22(13-20(24)4)26(6,7)23-10-12-25(21(5)14-23)29-17-19(3)15-27;3*1-16(12-25)14-30-23-21(26)10-19(11-22(23)27)24(3,4)18-6-8-20(9-7-18)29-15-17(2)13-28-5/h2*9-14,18-19H,8,15-17H2,1-7H3;3*6-11,16-17H,12-15H2,1-5H3/t2*18-,19+;2*16-,17-;/m1010./s1. The SMILES string of the molecule is CC[C@@H](C)COc1ccc(C(C)(C)c2ccc(OC[C@@H](C)CCl)c(C)c2)cc1C.CC[C@H](C)COc1ccc(C(C)(C)c2ccc(OC[C@H](C)CCl)c(C)c2)cc1C.COCC(C)COc1ccc(C(C)(C)c2cc(Cl)c(OCC(C)CCl)c(Cl)c2)cc1.COC[C@@H](C)COc1ccc(C(C)(C)c2cc(Cl)c(OC[C@H](C)CCl)c(Cl)c2)cc1.COC[C@H](C)COc1ccc(C(C)(C)c2cc(Cl)c(OC[C@@H](C)CCl)c(Cl)c2)cc1. The van der Waals surface area contributed by atoms with Crippen LogP contribution < -0.4 is 47.4 Å². The zero-order valence-electron chi connectivity index (χ0n) is 93.2. The lowest BCUT2D eigenvalue weighted by Crippen LogP contribution is -2.20. The Labute approximate surface area is 944 Å². The van der Waals surface area contributed by atoms with E-state index in [9.17, 15) is 0 Å². The van der Waals surface area contributed by atoms with Crippen molar-refractivity contribution in [3.05, 3.63) is 290 Å². The topological polar surface area (TPSA) is 120 Å². The van der Waals surface area contributed by atoms with Gasteiger partial charge in [-0.25, -0.2) is 0 Å². The predicted octanol–water partition coefficient (Wildman–Crippen LogP) is 36.3. The van der Waals surface area contributed by atoms with E-state index in [2.05, 4.69) is 268 Å². The molecule has 0 aliphatic rings. The van der Waals surface area contributed by atoms with Crippen LogP contribution in [0.15, 0.2) is 182 Å². The summed E-state index contributed by atoms with van der Waals surface area (Å²) in [6.07, 6.45) is 2.27. The molecule has 0 aromatic heterocycles. The molecule has 0 radical (unpaired) electrons. The van der Waals surface area contributed by atoms with Gasteiger partial charge in [-0.1, -0.05) is 320 Å². The van der Waals surface area contributed by atoms with Crippen LogP contribution in [0, 0.1) is 86.9 Å². The highest BCUT2D eigenvalue weighted by Crippen LogP contribution is 2.47. The second-order valence-corrected chi connectivity index (χ2v) is 47.0. The Morgan fingerprint density at radius 2 is 0.372 bits per heavy atom. The monoisotopic (exact) mass is 2250 g/mol. The highest BCUT2D eigenvalue weighted by atomic mass is 35.5. The Morgan fingerprint density at radius 1 is 0.203 bits per heavy atom. The van der Waals surface area contributed by atoms with Crippen LogP contribution in [0.3, 0.4) is 0 Å². The van der Waals surface area contributed by atoms with E-state index in [1.807, 2.05) is 93.6 Å². The van der Waals surface area contributed by atoms with Crippen molar-refractivity contribution in [2.24, 2.45) is 59.2 Å². The minimum Gasteiger partial charge on any atom is -0.493 e. The molecule has 13 nitrogen and oxygen atoms in total. The summed E-state index contributed by atoms with van der Waals surface area (Å²) in [5.41, 5.74) is 15.2. The lowest BCUT2D eigenvalue weighted by Gasteiger charge is -2.28. The van der Waals surface area contributed by atoms with Crippen LogP contribution in [-0.4, -0.2) is 137 Å². The minimum atomic E-state index is -0.295. The molecule has 0 heterocycles. The van der Waals surface area contributed by atoms with E-state index >= 15 is 0 Å². The van der Waals surface area contributed by atoms with Crippen LogP contribution in [0.1, 0.15) is 243 Å². The van der Waals surface area contributed by atoms with Gasteiger partial charge in [-0.05, 0) is 214 Å². The van der Waals surface area contributed by atoms with Crippen LogP contribution in [0.5, 0.6) is 57.5 Å². The summed E-state index contributed by atoms with van der Waals surface area (Å²) < 4.78 is 74.4. The van der Waals surface area contributed by atoms with Crippen LogP contribution in [0.4, 0.5) is 0 Å². The third kappa shape index (κ3) is 40.5. The molecular formula is C124H167Cl11O13. The molecule has 0 bridgehead atoms. The number of hydrogen-bond acceptors (Lipinski definition) is 13. The number of alkyl halides is 5. The molecule has 818 valence electrons. The average molecular weight is 2260 g/mol. The molecule has 148 heavy (non-hydrogen) atoms. The first-order valence-corrected chi connectivity index (χ1v) is 56.7. The molecule has 10 rings (SSSR count). The largest absolute Gasteiger partial charge is 0.493 e. The highest BCUT2D eigenvalue weighted by Gasteiger charge is 2.33. The van der Waals surface area contributed by atoms with Crippen molar-refractivity contribution < 1.29 is 61.6 Å². The Bertz CT molecular complexity index is 4930. The first-order chi connectivity index (χ1) is 69.9. The number of hydrogen-bond donors (Lipinski definition) is 0. The molecule has 0 N–H and O–H groups in total. The molecule has 0 spiro atoms. The van der Waals surface area contributed by atoms with Crippen molar-refractivity contribution in [2.45, 2.75) is 220 Å². The molecule has 0 aliphatic carbocycles. The smallest absolute Gasteiger partial charge is 0.156 e. The van der Waals surface area contributed by atoms with E-state index in [4.69, 9.17) is 189 Å². The number of methoxy groups -OCH3 is 3. The van der Waals surface area contributed by atoms with E-state index in [0.29, 0.717) is 191 Å². The van der Waals surface area contributed by atoms with Gasteiger partial charge < -0.3 is 61.6 Å². The van der Waals surface area contributed by atoms with Gasteiger partial charge in [0.15, 0.2) is 17.2 Å². The first kappa shape index (κ1) is 130. The minimum absolute atomic E-state index is 0.104. The Balaban J connectivity index is 0.000000282. The van der Waals surface area contributed by atoms with Gasteiger partial charge in [0.05, 0.1) is 116 Å². The molecule has 2 unspecified atom stereocenters. The lowest BCUT2D eigenvalue weighted by molar-refractivity contribution is 0.127. The van der Waals surface area contributed by atoms with Gasteiger partial charge in [0, 0.05) is 125 Å². The van der Waals surface area contributed by atoms with Gasteiger partial charge in [0.2, 0.25) is 0 Å². The van der Waals surface area contributed by atoms with Crippen LogP contribution in [0.25, 0.3) is 0 Å². The van der Waals surface area contributed by atoms with Crippen molar-refractivity contribution in [3.8, 4) is 57.5 Å². The summed E-state index contributed by atoms with van der Waals surface area (Å²) in [4.78, 5) is 0. The van der Waals surface area contributed by atoms with Gasteiger partial charge in [0.1, 0.15) is 40.2 Å². The number of benzene rings is 10. The number of ether oxygens (including phenoxy) is 13. The van der Waals surface area contributed by atoms with Crippen molar-refractivity contribution in [3.63, 3.8) is 0 Å². The zero-order chi connectivity index (χ0) is 110. The highest BCUT2D eigenvalue weighted by molar-refractivity contribution is 6.38. The summed E-state index contributed by atoms with van der Waals surface area (Å²) in [6, 6.07) is 62.1. The molecule has 10 aromatic rings. The van der Waals surface area contributed by atoms with Crippen molar-refractivity contribution in [1.82, 2.24) is 0 Å². The third-order valence-corrected chi connectivity index (χ3v) is 31.1. The van der Waals surface area contributed by atoms with E-state index < -0.39 is 0 Å². The van der Waals surface area contributed by atoms with Gasteiger partial charge in [-0.15, -0.1) is 58.0 Å². The zero-order valence-corrected chi connectivity index (χ0v) is 102. The Kier molecular flexibility index (Phi) is 56.1. The summed E-state index contributed by atoms with van der Waals surface area (Å²) in [5, 5.41) is 3.00. The Hall–Kier alpha value is -6.73. The quantitative estimate of drug-likeness (QED) is 0.0337. The molecule has 0 saturated carbocycles. The molecular weight excluding hydrogens is 2090 g/mol. The third-order valence-electron chi connectivity index (χ3n) is 26.8. The molecule has 24 heteroatoms. The predicted molar refractivity (Wildman–Crippen MR) is 630 cm³/mol. The summed E-state index contributed by atoms with van der Waals surface area (Å²) in [7, 11) is 5.10. The molecule has 0 aliphatic heterocycles. The van der Waals surface area contributed by atoms with Crippen LogP contribution in [-0.2, 0) is 41.3 Å². The maximum atomic E-state index is 6.50. The van der Waals surface area contributed by atoms with Crippen LogP contribution in [0.2, 0.25) is 30.1 Å². The summed E-state index contributed by atoms with van der Waals surface area (Å²) in [6.45, 7) is 63.9. The fraction of sp³-hybridized carbons (Fsp3) is 0.516. The number of rotatable bonds is 53. The van der Waals surface area contributed by atoms with E-state index in [-0.39, 0.29) is 44.8 Å². The summed E-state index contributed by atoms with van der Waals surface area (Å²) in [5.74, 6) is 14.1. The fourth-order valence-electron chi connectivity index (χ4n) is 15.5. The molecule has 0 saturated heterocycles. The number of halogens is 11. The van der Waals surface area contributed by atoms with E-state index in [1.165, 1.54) is 33.4 Å². The second-order valence-electron chi connectivity index (χ2n) is 43.0. The van der Waals surface area contributed by atoms with Crippen molar-refractivity contribution >= 4 is 128 Å². The van der Waals surface area contributed by atoms with Gasteiger partial charge in [-0.3, -0.25) is 0 Å². The maximum Gasteiger partial charge on any atom is 0.156 e. The fourth-order valence-corrected chi connectivity index (χ4v) is 17.7. The normalized spacial score (nSPS) is 13.8. The van der Waals surface area contributed by atoms with E-state index in [0.717, 1.165) is 111 Å². The lowest BCUT2D eigenvalue weighted by atomic mass is 9.77. The molecule has 10 aromatic carbocycles. The average Bonchev–Trinajstić information content (AvgIpc) is 0.778. The summed E-state index contributed by atoms with van der Waals surface area (Å²) >= 11 is 68.4. The van der Waals surface area contributed by atoms with E-state index in [1.54, 1.807) is 21.3 Å². The second kappa shape index (κ2) is 63.9. The van der Waals surface area contributed by atoms with Gasteiger partial charge in [-0.2, -0.15) is 0 Å². The van der Waals surface area contributed by atoms with Crippen LogP contribution >= 0.6 is 128 Å². The Morgan fingerprint density at radius 3 is 0.547 bits per heavy atom. The molecule has 10 atom stereocenters. The van der Waals surface area contributed by atoms with Gasteiger partial charge >= 0.3 is 0 Å². The van der Waals surface area contributed by atoms with Gasteiger partial charge in [0.25, 0.3) is 0 Å². The molecule has 0 amide bonds. The first-order valence-electron chi connectivity index (χ1n) is 51.7.